The van der Waals surface area contributed by atoms with Gasteiger partial charge < -0.3 is 4.98 Å². The molecule has 4 heteroatoms. The Labute approximate surface area is 120 Å². The number of fused-ring (bicyclic) bond motifs is 3. The first-order valence-electron chi connectivity index (χ1n) is 6.80. The summed E-state index contributed by atoms with van der Waals surface area (Å²) >= 11 is 0. The molecule has 0 amide bonds. The fourth-order valence-corrected chi connectivity index (χ4v) is 2.70. The summed E-state index contributed by atoms with van der Waals surface area (Å²) in [7, 11) is 0. The molecule has 4 nitrogen and oxygen atoms in total. The minimum absolute atomic E-state index is 0.0734. The first kappa shape index (κ1) is 11.9. The molecule has 102 valence electrons. The van der Waals surface area contributed by atoms with Crippen LogP contribution in [0.15, 0.2) is 59.4 Å². The number of hydrogen-bond donors (Lipinski definition) is 1. The third-order valence-corrected chi connectivity index (χ3v) is 3.73. The Morgan fingerprint density at radius 1 is 1.05 bits per heavy atom. The summed E-state index contributed by atoms with van der Waals surface area (Å²) in [6.45, 7) is 2.03. The lowest BCUT2D eigenvalue weighted by atomic mass is 10.1. The second-order valence-electron chi connectivity index (χ2n) is 5.10. The molecular weight excluding hydrogens is 262 g/mol. The molecule has 2 aromatic heterocycles. The number of aromatic amines is 1. The van der Waals surface area contributed by atoms with Crippen molar-refractivity contribution in [3.05, 3.63) is 70.5 Å². The number of benzene rings is 2. The average Bonchev–Trinajstić information content (AvgIpc) is 2.86. The number of nitrogens with zero attached hydrogens (tertiary/aromatic N) is 2. The molecule has 4 aromatic rings. The normalized spacial score (nSPS) is 11.3. The minimum atomic E-state index is -0.0734. The number of imidazole rings is 1. The monoisotopic (exact) mass is 275 g/mol. The van der Waals surface area contributed by atoms with Gasteiger partial charge >= 0.3 is 0 Å². The summed E-state index contributed by atoms with van der Waals surface area (Å²) in [5.41, 5.74) is 4.49. The molecule has 4 rings (SSSR count). The van der Waals surface area contributed by atoms with Gasteiger partial charge in [0, 0.05) is 11.6 Å². The highest BCUT2D eigenvalue weighted by Crippen LogP contribution is 2.21. The number of para-hydroxylation sites is 2. The van der Waals surface area contributed by atoms with E-state index in [1.165, 1.54) is 0 Å². The summed E-state index contributed by atoms with van der Waals surface area (Å²) in [5.74, 6) is 0.571. The number of H-pyrrole nitrogens is 1. The highest BCUT2D eigenvalue weighted by atomic mass is 16.1. The summed E-state index contributed by atoms with van der Waals surface area (Å²) in [4.78, 5) is 20.2. The largest absolute Gasteiger partial charge is 0.324 e. The predicted octanol–water partition coefficient (Wildman–Crippen LogP) is 3.15. The van der Waals surface area contributed by atoms with Gasteiger partial charge in [-0.1, -0.05) is 36.4 Å². The molecule has 0 radical (unpaired) electrons. The van der Waals surface area contributed by atoms with Crippen LogP contribution in [0.2, 0.25) is 0 Å². The standard InChI is InChI=1S/C17H13N3O/c1-11-6-2-3-7-12(11)14-10-16(21)20-15-9-5-4-8-13(15)18-17(20)19-14/h2-10H,1H3,(H,18,19). The third kappa shape index (κ3) is 1.76. The van der Waals surface area contributed by atoms with E-state index in [2.05, 4.69) is 9.97 Å². The van der Waals surface area contributed by atoms with Crippen molar-refractivity contribution in [3.63, 3.8) is 0 Å². The fourth-order valence-electron chi connectivity index (χ4n) is 2.70. The fraction of sp³-hybridized carbons (Fsp3) is 0.0588. The van der Waals surface area contributed by atoms with Crippen molar-refractivity contribution < 1.29 is 0 Å². The lowest BCUT2D eigenvalue weighted by Crippen LogP contribution is -2.13. The number of rotatable bonds is 1. The molecule has 0 atom stereocenters. The van der Waals surface area contributed by atoms with Gasteiger partial charge in [0.25, 0.3) is 5.56 Å². The van der Waals surface area contributed by atoms with Crippen LogP contribution in [-0.2, 0) is 0 Å². The molecule has 1 N–H and O–H groups in total. The van der Waals surface area contributed by atoms with Gasteiger partial charge in [0.1, 0.15) is 0 Å². The highest BCUT2D eigenvalue weighted by molar-refractivity contribution is 5.80. The van der Waals surface area contributed by atoms with E-state index in [1.54, 1.807) is 10.5 Å². The SMILES string of the molecule is Cc1ccccc1-c1cc(=O)n2c(nc3ccccc32)[nH]1. The first-order valence-corrected chi connectivity index (χ1v) is 6.80. The summed E-state index contributed by atoms with van der Waals surface area (Å²) in [6, 6.07) is 17.2. The lowest BCUT2D eigenvalue weighted by Gasteiger charge is -2.06. The number of aromatic nitrogens is 3. The number of hydrogen-bond acceptors (Lipinski definition) is 2. The third-order valence-electron chi connectivity index (χ3n) is 3.73. The van der Waals surface area contributed by atoms with Gasteiger partial charge in [0.2, 0.25) is 5.78 Å². The van der Waals surface area contributed by atoms with E-state index in [1.807, 2.05) is 55.5 Å². The zero-order chi connectivity index (χ0) is 14.4. The Morgan fingerprint density at radius 3 is 2.67 bits per heavy atom. The van der Waals surface area contributed by atoms with Gasteiger partial charge in [-0.05, 0) is 24.6 Å². The first-order chi connectivity index (χ1) is 10.2. The molecule has 0 aliphatic carbocycles. The van der Waals surface area contributed by atoms with Gasteiger partial charge in [0.15, 0.2) is 0 Å². The Bertz CT molecular complexity index is 1030. The van der Waals surface area contributed by atoms with Crippen LogP contribution in [0.4, 0.5) is 0 Å². The number of nitrogens with one attached hydrogen (secondary N) is 1. The Morgan fingerprint density at radius 2 is 1.81 bits per heavy atom. The van der Waals surface area contributed by atoms with Crippen molar-refractivity contribution in [2.75, 3.05) is 0 Å². The molecule has 0 aliphatic heterocycles. The zero-order valence-corrected chi connectivity index (χ0v) is 11.5. The van der Waals surface area contributed by atoms with Crippen molar-refractivity contribution in [2.24, 2.45) is 0 Å². The van der Waals surface area contributed by atoms with Crippen LogP contribution in [0, 0.1) is 6.92 Å². The maximum atomic E-state index is 12.5. The molecule has 21 heavy (non-hydrogen) atoms. The Kier molecular flexibility index (Phi) is 2.44. The van der Waals surface area contributed by atoms with E-state index < -0.39 is 0 Å². The van der Waals surface area contributed by atoms with Crippen molar-refractivity contribution in [1.29, 1.82) is 0 Å². The van der Waals surface area contributed by atoms with E-state index >= 15 is 0 Å². The van der Waals surface area contributed by atoms with Gasteiger partial charge in [0.05, 0.1) is 16.7 Å². The molecule has 0 bridgehead atoms. The molecular formula is C17H13N3O. The van der Waals surface area contributed by atoms with Crippen molar-refractivity contribution in [1.82, 2.24) is 14.4 Å². The predicted molar refractivity (Wildman–Crippen MR) is 83.5 cm³/mol. The molecule has 0 aliphatic rings. The van der Waals surface area contributed by atoms with Gasteiger partial charge in [-0.15, -0.1) is 0 Å². The smallest absolute Gasteiger partial charge is 0.260 e. The second-order valence-corrected chi connectivity index (χ2v) is 5.10. The maximum absolute atomic E-state index is 12.5. The molecule has 0 spiro atoms. The summed E-state index contributed by atoms with van der Waals surface area (Å²) < 4.78 is 1.61. The van der Waals surface area contributed by atoms with Crippen LogP contribution in [0.25, 0.3) is 28.1 Å². The van der Waals surface area contributed by atoms with Crippen LogP contribution < -0.4 is 5.56 Å². The molecule has 0 saturated carbocycles. The van der Waals surface area contributed by atoms with Gasteiger partial charge in [-0.2, -0.15) is 0 Å². The van der Waals surface area contributed by atoms with Crippen molar-refractivity contribution >= 4 is 16.8 Å². The number of aryl methyl sites for hydroxylation is 1. The molecule has 0 saturated heterocycles. The molecule has 0 fully saturated rings. The highest BCUT2D eigenvalue weighted by Gasteiger charge is 2.10. The van der Waals surface area contributed by atoms with E-state index in [4.69, 9.17) is 0 Å². The van der Waals surface area contributed by atoms with Crippen LogP contribution in [0.3, 0.4) is 0 Å². The molecule has 2 aromatic carbocycles. The van der Waals surface area contributed by atoms with E-state index in [9.17, 15) is 4.79 Å². The summed E-state index contributed by atoms with van der Waals surface area (Å²) in [5, 5.41) is 0. The van der Waals surface area contributed by atoms with Crippen LogP contribution >= 0.6 is 0 Å². The average molecular weight is 275 g/mol. The van der Waals surface area contributed by atoms with Gasteiger partial charge in [-0.3, -0.25) is 4.79 Å². The Hall–Kier alpha value is -2.88. The van der Waals surface area contributed by atoms with Crippen LogP contribution in [-0.4, -0.2) is 14.4 Å². The van der Waals surface area contributed by atoms with Crippen LogP contribution in [0.1, 0.15) is 5.56 Å². The van der Waals surface area contributed by atoms with E-state index in [-0.39, 0.29) is 5.56 Å². The zero-order valence-electron chi connectivity index (χ0n) is 11.5. The lowest BCUT2D eigenvalue weighted by molar-refractivity contribution is 1.08. The topological polar surface area (TPSA) is 50.2 Å². The Balaban J connectivity index is 2.09. The van der Waals surface area contributed by atoms with Gasteiger partial charge in [-0.25, -0.2) is 9.38 Å². The quantitative estimate of drug-likeness (QED) is 0.580. The summed E-state index contributed by atoms with van der Waals surface area (Å²) in [6.07, 6.45) is 0. The minimum Gasteiger partial charge on any atom is -0.324 e. The van der Waals surface area contributed by atoms with Crippen LogP contribution in [0.5, 0.6) is 0 Å². The molecule has 0 unspecified atom stereocenters. The second kappa shape index (κ2) is 4.31. The van der Waals surface area contributed by atoms with E-state index in [0.717, 1.165) is 27.9 Å². The van der Waals surface area contributed by atoms with E-state index in [0.29, 0.717) is 5.78 Å². The molecule has 2 heterocycles. The van der Waals surface area contributed by atoms with Crippen molar-refractivity contribution in [3.8, 4) is 11.3 Å². The maximum Gasteiger partial charge on any atom is 0.260 e. The van der Waals surface area contributed by atoms with Crippen molar-refractivity contribution in [2.45, 2.75) is 6.92 Å².